The van der Waals surface area contributed by atoms with Crippen LogP contribution >= 0.6 is 12.2 Å². The fraction of sp³-hybridized carbons (Fsp3) is 0.500. The predicted molar refractivity (Wildman–Crippen MR) is 78.4 cm³/mol. The lowest BCUT2D eigenvalue weighted by atomic mass is 10.1. The predicted octanol–water partition coefficient (Wildman–Crippen LogP) is 3.14. The van der Waals surface area contributed by atoms with Crippen molar-refractivity contribution in [3.05, 3.63) is 23.8 Å². The Balaban J connectivity index is 2.81. The van der Waals surface area contributed by atoms with Crippen LogP contribution in [0.2, 0.25) is 0 Å². The van der Waals surface area contributed by atoms with Gasteiger partial charge in [0.1, 0.15) is 16.5 Å². The van der Waals surface area contributed by atoms with Crippen molar-refractivity contribution in [2.24, 2.45) is 11.7 Å². The zero-order chi connectivity index (χ0) is 13.5. The Bertz CT molecular complexity index is 403. The topological polar surface area (TPSA) is 44.5 Å². The van der Waals surface area contributed by atoms with E-state index in [-0.39, 0.29) is 0 Å². The van der Waals surface area contributed by atoms with Gasteiger partial charge in [0.25, 0.3) is 0 Å². The molecule has 0 unspecified atom stereocenters. The van der Waals surface area contributed by atoms with Gasteiger partial charge < -0.3 is 15.2 Å². The Morgan fingerprint density at radius 3 is 2.33 bits per heavy atom. The third-order valence-corrected chi connectivity index (χ3v) is 3.28. The van der Waals surface area contributed by atoms with Gasteiger partial charge in [-0.2, -0.15) is 0 Å². The average molecular weight is 267 g/mol. The molecule has 0 bridgehead atoms. The summed E-state index contributed by atoms with van der Waals surface area (Å²) in [6.45, 7) is 5.05. The molecule has 0 saturated carbocycles. The lowest BCUT2D eigenvalue weighted by molar-refractivity contribution is 0.239. The van der Waals surface area contributed by atoms with Crippen molar-refractivity contribution in [3.63, 3.8) is 0 Å². The molecule has 0 heterocycles. The van der Waals surface area contributed by atoms with E-state index in [2.05, 4.69) is 13.8 Å². The van der Waals surface area contributed by atoms with Crippen LogP contribution in [0.15, 0.2) is 18.2 Å². The lowest BCUT2D eigenvalue weighted by Crippen LogP contribution is -2.12. The molecule has 1 aromatic carbocycles. The Kier molecular flexibility index (Phi) is 5.92. The van der Waals surface area contributed by atoms with Gasteiger partial charge >= 0.3 is 0 Å². The highest BCUT2D eigenvalue weighted by Crippen LogP contribution is 2.23. The quantitative estimate of drug-likeness (QED) is 0.771. The van der Waals surface area contributed by atoms with E-state index in [9.17, 15) is 0 Å². The van der Waals surface area contributed by atoms with Crippen LogP contribution in [0.5, 0.6) is 11.5 Å². The van der Waals surface area contributed by atoms with Gasteiger partial charge in [0, 0.05) is 11.6 Å². The fourth-order valence-electron chi connectivity index (χ4n) is 1.65. The monoisotopic (exact) mass is 267 g/mol. The van der Waals surface area contributed by atoms with Crippen molar-refractivity contribution in [2.75, 3.05) is 13.7 Å². The minimum atomic E-state index is 0.348. The number of hydrogen-bond donors (Lipinski definition) is 1. The smallest absolute Gasteiger partial charge is 0.123 e. The Morgan fingerprint density at radius 1 is 1.22 bits per heavy atom. The highest BCUT2D eigenvalue weighted by atomic mass is 32.1. The molecule has 1 rings (SSSR count). The summed E-state index contributed by atoms with van der Waals surface area (Å²) in [6.07, 6.45) is 2.23. The zero-order valence-corrected chi connectivity index (χ0v) is 12.0. The van der Waals surface area contributed by atoms with Gasteiger partial charge in [-0.15, -0.1) is 0 Å². The van der Waals surface area contributed by atoms with Gasteiger partial charge in [0.2, 0.25) is 0 Å². The second-order valence-corrected chi connectivity index (χ2v) is 4.69. The standard InChI is InChI=1S/C14H21NO2S/c1-4-10(5-2)9-17-13-7-11(14(15)18)6-12(8-13)16-3/h6-8,10H,4-5,9H2,1-3H3,(H2,15,18). The molecule has 0 spiro atoms. The molecular weight excluding hydrogens is 246 g/mol. The first kappa shape index (κ1) is 14.8. The normalized spacial score (nSPS) is 10.4. The van der Waals surface area contributed by atoms with Gasteiger partial charge in [-0.05, 0) is 18.1 Å². The van der Waals surface area contributed by atoms with Crippen LogP contribution in [0.25, 0.3) is 0 Å². The van der Waals surface area contributed by atoms with Gasteiger partial charge in [-0.1, -0.05) is 38.9 Å². The van der Waals surface area contributed by atoms with Gasteiger partial charge in [0.05, 0.1) is 13.7 Å². The molecule has 0 aliphatic heterocycles. The SMILES string of the molecule is CCC(CC)COc1cc(OC)cc(C(N)=S)c1. The van der Waals surface area contributed by atoms with E-state index in [1.165, 1.54) is 0 Å². The Labute approximate surface area is 114 Å². The average Bonchev–Trinajstić information content (AvgIpc) is 2.39. The molecule has 0 aromatic heterocycles. The van der Waals surface area contributed by atoms with Crippen molar-refractivity contribution < 1.29 is 9.47 Å². The maximum Gasteiger partial charge on any atom is 0.123 e. The Morgan fingerprint density at radius 2 is 1.83 bits per heavy atom. The molecule has 0 radical (unpaired) electrons. The number of ether oxygens (including phenoxy) is 2. The number of nitrogens with two attached hydrogens (primary N) is 1. The van der Waals surface area contributed by atoms with Crippen molar-refractivity contribution >= 4 is 17.2 Å². The summed E-state index contributed by atoms with van der Waals surface area (Å²) in [5, 5.41) is 0. The number of hydrogen-bond acceptors (Lipinski definition) is 3. The molecule has 2 N–H and O–H groups in total. The maximum atomic E-state index is 5.79. The minimum Gasteiger partial charge on any atom is -0.497 e. The van der Waals surface area contributed by atoms with E-state index in [1.54, 1.807) is 7.11 Å². The molecule has 0 aliphatic rings. The molecule has 0 saturated heterocycles. The molecule has 0 atom stereocenters. The molecule has 0 fully saturated rings. The summed E-state index contributed by atoms with van der Waals surface area (Å²) < 4.78 is 11.0. The fourth-order valence-corrected chi connectivity index (χ4v) is 1.77. The first-order valence-corrected chi connectivity index (χ1v) is 6.63. The first-order valence-electron chi connectivity index (χ1n) is 6.22. The molecule has 4 heteroatoms. The third-order valence-electron chi connectivity index (χ3n) is 3.04. The van der Waals surface area contributed by atoms with E-state index in [4.69, 9.17) is 27.4 Å². The maximum absolute atomic E-state index is 5.79. The molecular formula is C14H21NO2S. The van der Waals surface area contributed by atoms with Crippen LogP contribution in [0.1, 0.15) is 32.3 Å². The summed E-state index contributed by atoms with van der Waals surface area (Å²) >= 11 is 4.98. The molecule has 100 valence electrons. The van der Waals surface area contributed by atoms with E-state index in [0.29, 0.717) is 23.3 Å². The molecule has 18 heavy (non-hydrogen) atoms. The summed E-state index contributed by atoms with van der Waals surface area (Å²) in [6, 6.07) is 5.52. The van der Waals surface area contributed by atoms with E-state index in [0.717, 1.165) is 24.2 Å². The number of methoxy groups -OCH3 is 1. The van der Waals surface area contributed by atoms with E-state index >= 15 is 0 Å². The number of benzene rings is 1. The minimum absolute atomic E-state index is 0.348. The van der Waals surface area contributed by atoms with Crippen molar-refractivity contribution in [2.45, 2.75) is 26.7 Å². The summed E-state index contributed by atoms with van der Waals surface area (Å²) in [4.78, 5) is 0.348. The second-order valence-electron chi connectivity index (χ2n) is 4.25. The van der Waals surface area contributed by atoms with Gasteiger partial charge in [0.15, 0.2) is 0 Å². The van der Waals surface area contributed by atoms with Crippen LogP contribution in [-0.4, -0.2) is 18.7 Å². The third kappa shape index (κ3) is 4.18. The van der Waals surface area contributed by atoms with Crippen LogP contribution in [0, 0.1) is 5.92 Å². The zero-order valence-electron chi connectivity index (χ0n) is 11.2. The van der Waals surface area contributed by atoms with E-state index < -0.39 is 0 Å². The van der Waals surface area contributed by atoms with Crippen molar-refractivity contribution in [3.8, 4) is 11.5 Å². The van der Waals surface area contributed by atoms with Gasteiger partial charge in [-0.25, -0.2) is 0 Å². The highest BCUT2D eigenvalue weighted by molar-refractivity contribution is 7.80. The summed E-state index contributed by atoms with van der Waals surface area (Å²) in [7, 11) is 1.61. The number of thiocarbonyl (C=S) groups is 1. The van der Waals surface area contributed by atoms with Gasteiger partial charge in [-0.3, -0.25) is 0 Å². The first-order chi connectivity index (χ1) is 8.60. The van der Waals surface area contributed by atoms with Crippen LogP contribution in [-0.2, 0) is 0 Å². The van der Waals surface area contributed by atoms with Crippen molar-refractivity contribution in [1.82, 2.24) is 0 Å². The molecule has 1 aromatic rings. The number of rotatable bonds is 7. The summed E-state index contributed by atoms with van der Waals surface area (Å²) in [5.41, 5.74) is 6.40. The van der Waals surface area contributed by atoms with Crippen LogP contribution in [0.4, 0.5) is 0 Å². The van der Waals surface area contributed by atoms with Crippen molar-refractivity contribution in [1.29, 1.82) is 0 Å². The van der Waals surface area contributed by atoms with E-state index in [1.807, 2.05) is 18.2 Å². The second kappa shape index (κ2) is 7.21. The highest BCUT2D eigenvalue weighted by Gasteiger charge is 2.08. The molecule has 0 amide bonds. The summed E-state index contributed by atoms with van der Waals surface area (Å²) in [5.74, 6) is 2.04. The molecule has 0 aliphatic carbocycles. The Hall–Kier alpha value is -1.29. The van der Waals surface area contributed by atoms with Crippen LogP contribution in [0.3, 0.4) is 0 Å². The molecule has 3 nitrogen and oxygen atoms in total. The lowest BCUT2D eigenvalue weighted by Gasteiger charge is -2.15. The largest absolute Gasteiger partial charge is 0.497 e. The van der Waals surface area contributed by atoms with Crippen LogP contribution < -0.4 is 15.2 Å².